The number of carbonyl (C=O) groups is 1. The Morgan fingerprint density at radius 3 is 2.43 bits per heavy atom. The highest BCUT2D eigenvalue weighted by Crippen LogP contribution is 2.31. The van der Waals surface area contributed by atoms with E-state index < -0.39 is 9.84 Å². The molecule has 2 heterocycles. The molecule has 2 fully saturated rings. The van der Waals surface area contributed by atoms with E-state index in [4.69, 9.17) is 0 Å². The predicted octanol–water partition coefficient (Wildman–Crippen LogP) is 1.38. The van der Waals surface area contributed by atoms with Crippen LogP contribution in [0.5, 0.6) is 0 Å². The van der Waals surface area contributed by atoms with Crippen LogP contribution in [0.3, 0.4) is 0 Å². The van der Waals surface area contributed by atoms with E-state index >= 15 is 0 Å². The van der Waals surface area contributed by atoms with Gasteiger partial charge in [0, 0.05) is 11.7 Å². The highest BCUT2D eigenvalue weighted by molar-refractivity contribution is 7.91. The molecule has 1 aromatic carbocycles. The predicted molar refractivity (Wildman–Crippen MR) is 91.3 cm³/mol. The van der Waals surface area contributed by atoms with Gasteiger partial charge in [0.2, 0.25) is 5.91 Å². The number of hydrogen-bond acceptors (Lipinski definition) is 4. The van der Waals surface area contributed by atoms with Gasteiger partial charge in [-0.25, -0.2) is 8.42 Å². The first-order chi connectivity index (χ1) is 10.8. The lowest BCUT2D eigenvalue weighted by Gasteiger charge is -2.42. The Hall–Kier alpha value is -1.40. The van der Waals surface area contributed by atoms with Crippen molar-refractivity contribution in [3.63, 3.8) is 0 Å². The van der Waals surface area contributed by atoms with Crippen LogP contribution >= 0.6 is 0 Å². The molecule has 2 saturated heterocycles. The number of nitrogens with zero attached hydrogens (tertiary/aromatic N) is 1. The zero-order chi connectivity index (χ0) is 16.8. The van der Waals surface area contributed by atoms with Gasteiger partial charge >= 0.3 is 0 Å². The minimum atomic E-state index is -3.11. The zero-order valence-electron chi connectivity index (χ0n) is 13.8. The first kappa shape index (κ1) is 16.5. The topological polar surface area (TPSA) is 66.5 Å². The van der Waals surface area contributed by atoms with Crippen molar-refractivity contribution in [2.45, 2.75) is 45.3 Å². The summed E-state index contributed by atoms with van der Waals surface area (Å²) in [5, 5.41) is 3.27. The highest BCUT2D eigenvalue weighted by Gasteiger charge is 2.49. The first-order valence-electron chi connectivity index (χ1n) is 8.21. The van der Waals surface area contributed by atoms with Crippen molar-refractivity contribution in [1.29, 1.82) is 0 Å². The van der Waals surface area contributed by atoms with Crippen LogP contribution in [0.1, 0.15) is 26.3 Å². The van der Waals surface area contributed by atoms with Gasteiger partial charge in [-0.1, -0.05) is 32.9 Å². The molecule has 3 atom stereocenters. The number of anilines is 1. The molecule has 2 aliphatic heterocycles. The van der Waals surface area contributed by atoms with E-state index in [-0.39, 0.29) is 41.5 Å². The Morgan fingerprint density at radius 1 is 1.22 bits per heavy atom. The maximum Gasteiger partial charge on any atom is 0.244 e. The van der Waals surface area contributed by atoms with Gasteiger partial charge in [0.15, 0.2) is 9.84 Å². The van der Waals surface area contributed by atoms with E-state index in [0.717, 1.165) is 12.1 Å². The smallest absolute Gasteiger partial charge is 0.244 e. The second-order valence-electron chi connectivity index (χ2n) is 6.87. The molecule has 126 valence electrons. The first-order valence-corrected chi connectivity index (χ1v) is 10.0. The van der Waals surface area contributed by atoms with Gasteiger partial charge in [-0.15, -0.1) is 0 Å². The standard InChI is InChI=1S/C17H24N2O3S/c1-4-12-5-7-13(8-6-12)19-15-10-23(21,22)9-14(15)18-16(11(2)3)17(19)20/h5-8,11,14-16,18H,4,9-10H2,1-3H3/t14-,15+,16+/m1/s1. The van der Waals surface area contributed by atoms with Gasteiger partial charge in [0.1, 0.15) is 0 Å². The van der Waals surface area contributed by atoms with Crippen molar-refractivity contribution in [3.05, 3.63) is 29.8 Å². The van der Waals surface area contributed by atoms with E-state index in [1.54, 1.807) is 4.90 Å². The van der Waals surface area contributed by atoms with Crippen molar-refractivity contribution in [2.24, 2.45) is 5.92 Å². The van der Waals surface area contributed by atoms with E-state index in [1.165, 1.54) is 5.56 Å². The Morgan fingerprint density at radius 2 is 1.87 bits per heavy atom. The molecule has 0 radical (unpaired) electrons. The number of aryl methyl sites for hydroxylation is 1. The van der Waals surface area contributed by atoms with Crippen LogP contribution in [0.4, 0.5) is 5.69 Å². The van der Waals surface area contributed by atoms with Crippen LogP contribution in [0.25, 0.3) is 0 Å². The fraction of sp³-hybridized carbons (Fsp3) is 0.588. The number of amides is 1. The third-order valence-corrected chi connectivity index (χ3v) is 6.56. The lowest BCUT2D eigenvalue weighted by atomic mass is 9.94. The van der Waals surface area contributed by atoms with E-state index in [1.807, 2.05) is 38.1 Å². The van der Waals surface area contributed by atoms with Crippen LogP contribution in [-0.2, 0) is 21.1 Å². The summed E-state index contributed by atoms with van der Waals surface area (Å²) < 4.78 is 24.2. The summed E-state index contributed by atoms with van der Waals surface area (Å²) in [6.07, 6.45) is 0.935. The SMILES string of the molecule is CCc1ccc(N2C(=O)[C@H](C(C)C)N[C@@H]3CS(=O)(=O)C[C@@H]32)cc1. The Labute approximate surface area is 138 Å². The molecular weight excluding hydrogens is 312 g/mol. The number of sulfone groups is 1. The number of fused-ring (bicyclic) bond motifs is 1. The van der Waals surface area contributed by atoms with Crippen molar-refractivity contribution in [2.75, 3.05) is 16.4 Å². The average Bonchev–Trinajstić information content (AvgIpc) is 2.80. The monoisotopic (exact) mass is 336 g/mol. The van der Waals surface area contributed by atoms with E-state index in [9.17, 15) is 13.2 Å². The summed E-state index contributed by atoms with van der Waals surface area (Å²) in [6, 6.07) is 7.05. The average molecular weight is 336 g/mol. The number of piperazine rings is 1. The molecule has 0 aromatic heterocycles. The summed E-state index contributed by atoms with van der Waals surface area (Å²) in [7, 11) is -3.11. The van der Waals surface area contributed by atoms with Gasteiger partial charge in [0.25, 0.3) is 0 Å². The van der Waals surface area contributed by atoms with Crippen LogP contribution in [0, 0.1) is 5.92 Å². The number of benzene rings is 1. The van der Waals surface area contributed by atoms with Crippen LogP contribution in [0.2, 0.25) is 0 Å². The van der Waals surface area contributed by atoms with Gasteiger partial charge < -0.3 is 4.90 Å². The fourth-order valence-electron chi connectivity index (χ4n) is 3.55. The van der Waals surface area contributed by atoms with Crippen molar-refractivity contribution >= 4 is 21.4 Å². The molecule has 6 heteroatoms. The summed E-state index contributed by atoms with van der Waals surface area (Å²) in [5.41, 5.74) is 2.00. The molecule has 3 rings (SSSR count). The summed E-state index contributed by atoms with van der Waals surface area (Å²) >= 11 is 0. The second kappa shape index (κ2) is 5.91. The van der Waals surface area contributed by atoms with Crippen LogP contribution in [0.15, 0.2) is 24.3 Å². The zero-order valence-corrected chi connectivity index (χ0v) is 14.6. The molecule has 1 aromatic rings. The molecule has 1 N–H and O–H groups in total. The molecule has 2 aliphatic rings. The number of nitrogens with one attached hydrogen (secondary N) is 1. The van der Waals surface area contributed by atoms with E-state index in [2.05, 4.69) is 12.2 Å². The summed E-state index contributed by atoms with van der Waals surface area (Å²) in [4.78, 5) is 14.7. The van der Waals surface area contributed by atoms with Crippen molar-refractivity contribution in [1.82, 2.24) is 5.32 Å². The molecular formula is C17H24N2O3S. The van der Waals surface area contributed by atoms with Crippen molar-refractivity contribution < 1.29 is 13.2 Å². The molecule has 0 aliphatic carbocycles. The molecule has 0 saturated carbocycles. The Balaban J connectivity index is 2.00. The van der Waals surface area contributed by atoms with Gasteiger partial charge in [0.05, 0.1) is 23.6 Å². The number of hydrogen-bond donors (Lipinski definition) is 1. The molecule has 0 bridgehead atoms. The lowest BCUT2D eigenvalue weighted by molar-refractivity contribution is -0.123. The minimum Gasteiger partial charge on any atom is -0.305 e. The minimum absolute atomic E-state index is 0.0254. The molecule has 0 unspecified atom stereocenters. The van der Waals surface area contributed by atoms with Gasteiger partial charge in [-0.05, 0) is 30.0 Å². The van der Waals surface area contributed by atoms with Crippen LogP contribution in [-0.4, -0.2) is 44.0 Å². The highest BCUT2D eigenvalue weighted by atomic mass is 32.2. The number of rotatable bonds is 3. The maximum absolute atomic E-state index is 12.9. The molecule has 1 amide bonds. The van der Waals surface area contributed by atoms with E-state index in [0.29, 0.717) is 0 Å². The van der Waals surface area contributed by atoms with Gasteiger partial charge in [-0.2, -0.15) is 0 Å². The Bertz CT molecular complexity index is 697. The lowest BCUT2D eigenvalue weighted by Crippen LogP contribution is -2.66. The molecule has 23 heavy (non-hydrogen) atoms. The van der Waals surface area contributed by atoms with Crippen molar-refractivity contribution in [3.8, 4) is 0 Å². The second-order valence-corrected chi connectivity index (χ2v) is 9.02. The normalized spacial score (nSPS) is 29.8. The largest absolute Gasteiger partial charge is 0.305 e. The summed E-state index contributed by atoms with van der Waals surface area (Å²) in [5.74, 6) is 0.237. The molecule has 0 spiro atoms. The fourth-order valence-corrected chi connectivity index (χ4v) is 5.45. The summed E-state index contributed by atoms with van der Waals surface area (Å²) in [6.45, 7) is 6.05. The quantitative estimate of drug-likeness (QED) is 0.905. The van der Waals surface area contributed by atoms with Gasteiger partial charge in [-0.3, -0.25) is 10.1 Å². The number of carbonyl (C=O) groups excluding carboxylic acids is 1. The maximum atomic E-state index is 12.9. The third kappa shape index (κ3) is 3.02. The Kier molecular flexibility index (Phi) is 4.23. The van der Waals surface area contributed by atoms with Crippen LogP contribution < -0.4 is 10.2 Å². The third-order valence-electron chi connectivity index (χ3n) is 4.84. The molecule has 5 nitrogen and oxygen atoms in total.